The van der Waals surface area contributed by atoms with Crippen LogP contribution in [0.2, 0.25) is 0 Å². The van der Waals surface area contributed by atoms with Gasteiger partial charge in [0.25, 0.3) is 0 Å². The molecule has 2 rings (SSSR count). The normalized spacial score (nSPS) is 30.7. The molecule has 1 aromatic carbocycles. The fraction of sp³-hybridized carbons (Fsp3) is 0.400. The van der Waals surface area contributed by atoms with Gasteiger partial charge in [0.2, 0.25) is 0 Å². The second-order valence-corrected chi connectivity index (χ2v) is 3.49. The van der Waals surface area contributed by atoms with Gasteiger partial charge in [0.15, 0.2) is 0 Å². The predicted octanol–water partition coefficient (Wildman–Crippen LogP) is 0.967. The number of aliphatic hydroxyl groups is 1. The summed E-state index contributed by atoms with van der Waals surface area (Å²) in [6, 6.07) is 3.81. The summed E-state index contributed by atoms with van der Waals surface area (Å²) in [5.74, 6) is -0.00347. The van der Waals surface area contributed by atoms with E-state index in [9.17, 15) is 9.50 Å². The SMILES string of the molecule is C[C@H]1Oc2cccc(F)c2[C@@H](N)[C@H]1O. The van der Waals surface area contributed by atoms with E-state index in [1.807, 2.05) is 0 Å². The summed E-state index contributed by atoms with van der Waals surface area (Å²) in [4.78, 5) is 0. The van der Waals surface area contributed by atoms with Crippen molar-refractivity contribution >= 4 is 0 Å². The first-order valence-corrected chi connectivity index (χ1v) is 4.50. The van der Waals surface area contributed by atoms with Crippen LogP contribution in [0.15, 0.2) is 18.2 Å². The number of benzene rings is 1. The van der Waals surface area contributed by atoms with Gasteiger partial charge in [-0.25, -0.2) is 4.39 Å². The maximum absolute atomic E-state index is 13.4. The molecule has 0 spiro atoms. The van der Waals surface area contributed by atoms with Crippen LogP contribution in [0.1, 0.15) is 18.5 Å². The van der Waals surface area contributed by atoms with Crippen molar-refractivity contribution in [3.8, 4) is 5.75 Å². The number of hydrogen-bond donors (Lipinski definition) is 2. The van der Waals surface area contributed by atoms with Crippen LogP contribution in [0.25, 0.3) is 0 Å². The lowest BCUT2D eigenvalue weighted by Gasteiger charge is -2.33. The molecular formula is C10H12FNO2. The fourth-order valence-electron chi connectivity index (χ4n) is 1.68. The topological polar surface area (TPSA) is 55.5 Å². The highest BCUT2D eigenvalue weighted by Gasteiger charge is 2.34. The minimum atomic E-state index is -0.862. The largest absolute Gasteiger partial charge is 0.487 e. The molecule has 4 heteroatoms. The first-order chi connectivity index (χ1) is 6.61. The molecule has 0 saturated heterocycles. The molecule has 0 aliphatic carbocycles. The monoisotopic (exact) mass is 197 g/mol. The number of hydrogen-bond acceptors (Lipinski definition) is 3. The second-order valence-electron chi connectivity index (χ2n) is 3.49. The van der Waals surface area contributed by atoms with Gasteiger partial charge in [-0.1, -0.05) is 6.07 Å². The lowest BCUT2D eigenvalue weighted by Crippen LogP contribution is -2.42. The zero-order valence-corrected chi connectivity index (χ0v) is 7.77. The minimum absolute atomic E-state index is 0.262. The van der Waals surface area contributed by atoms with E-state index in [1.165, 1.54) is 6.07 Å². The van der Waals surface area contributed by atoms with E-state index < -0.39 is 24.1 Å². The third kappa shape index (κ3) is 1.27. The van der Waals surface area contributed by atoms with Gasteiger partial charge in [-0.05, 0) is 19.1 Å². The number of ether oxygens (including phenoxy) is 1. The van der Waals surface area contributed by atoms with Crippen LogP contribution in [-0.2, 0) is 0 Å². The van der Waals surface area contributed by atoms with Gasteiger partial charge in [0.05, 0.1) is 6.04 Å². The van der Waals surface area contributed by atoms with Gasteiger partial charge < -0.3 is 15.6 Å². The molecule has 1 heterocycles. The Labute approximate surface area is 81.3 Å². The van der Waals surface area contributed by atoms with E-state index in [4.69, 9.17) is 10.5 Å². The Bertz CT molecular complexity index is 356. The van der Waals surface area contributed by atoms with Crippen molar-refractivity contribution in [3.63, 3.8) is 0 Å². The summed E-state index contributed by atoms with van der Waals surface area (Å²) in [5, 5.41) is 9.60. The van der Waals surface area contributed by atoms with E-state index in [0.717, 1.165) is 0 Å². The van der Waals surface area contributed by atoms with Crippen LogP contribution in [0, 0.1) is 5.82 Å². The molecule has 0 fully saturated rings. The molecule has 14 heavy (non-hydrogen) atoms. The number of nitrogens with two attached hydrogens (primary N) is 1. The van der Waals surface area contributed by atoms with Gasteiger partial charge in [0, 0.05) is 5.56 Å². The van der Waals surface area contributed by atoms with E-state index in [0.29, 0.717) is 5.75 Å². The molecule has 3 nitrogen and oxygen atoms in total. The van der Waals surface area contributed by atoms with Crippen molar-refractivity contribution in [3.05, 3.63) is 29.6 Å². The van der Waals surface area contributed by atoms with Crippen LogP contribution in [-0.4, -0.2) is 17.3 Å². The van der Waals surface area contributed by atoms with Gasteiger partial charge >= 0.3 is 0 Å². The molecule has 0 amide bonds. The number of rotatable bonds is 0. The fourth-order valence-corrected chi connectivity index (χ4v) is 1.68. The van der Waals surface area contributed by atoms with Crippen LogP contribution in [0.4, 0.5) is 4.39 Å². The first-order valence-electron chi connectivity index (χ1n) is 4.50. The number of halogens is 1. The molecule has 0 saturated carbocycles. The van der Waals surface area contributed by atoms with Crippen molar-refractivity contribution < 1.29 is 14.2 Å². The molecule has 3 atom stereocenters. The van der Waals surface area contributed by atoms with Crippen molar-refractivity contribution in [2.45, 2.75) is 25.2 Å². The summed E-state index contributed by atoms with van der Waals surface area (Å²) < 4.78 is 18.7. The maximum atomic E-state index is 13.4. The van der Waals surface area contributed by atoms with Crippen molar-refractivity contribution in [2.24, 2.45) is 5.73 Å². The molecule has 0 radical (unpaired) electrons. The molecule has 0 bridgehead atoms. The molecule has 1 aromatic rings. The molecular weight excluding hydrogens is 185 g/mol. The van der Waals surface area contributed by atoms with Gasteiger partial charge in [0.1, 0.15) is 23.8 Å². The highest BCUT2D eigenvalue weighted by Crippen LogP contribution is 2.34. The summed E-state index contributed by atoms with van der Waals surface area (Å²) in [7, 11) is 0. The smallest absolute Gasteiger partial charge is 0.131 e. The zero-order chi connectivity index (χ0) is 10.3. The van der Waals surface area contributed by atoms with E-state index in [1.54, 1.807) is 19.1 Å². The number of fused-ring (bicyclic) bond motifs is 1. The van der Waals surface area contributed by atoms with Crippen LogP contribution in [0.3, 0.4) is 0 Å². The molecule has 1 aliphatic rings. The van der Waals surface area contributed by atoms with Crippen molar-refractivity contribution in [1.82, 2.24) is 0 Å². The molecule has 0 unspecified atom stereocenters. The highest BCUT2D eigenvalue weighted by atomic mass is 19.1. The summed E-state index contributed by atoms with van der Waals surface area (Å²) >= 11 is 0. The van der Waals surface area contributed by atoms with Crippen LogP contribution >= 0.6 is 0 Å². The van der Waals surface area contributed by atoms with Gasteiger partial charge in [-0.15, -0.1) is 0 Å². The maximum Gasteiger partial charge on any atom is 0.131 e. The molecule has 1 aliphatic heterocycles. The Morgan fingerprint density at radius 2 is 2.21 bits per heavy atom. The predicted molar refractivity (Wildman–Crippen MR) is 49.4 cm³/mol. The third-order valence-electron chi connectivity index (χ3n) is 2.51. The molecule has 3 N–H and O–H groups in total. The molecule has 0 aromatic heterocycles. The lowest BCUT2D eigenvalue weighted by atomic mass is 9.95. The first kappa shape index (κ1) is 9.43. The summed E-state index contributed by atoms with van der Waals surface area (Å²) in [6.07, 6.45) is -1.27. The Morgan fingerprint density at radius 1 is 1.50 bits per heavy atom. The summed E-state index contributed by atoms with van der Waals surface area (Å²) in [5.41, 5.74) is 5.97. The second kappa shape index (κ2) is 3.22. The molecule has 76 valence electrons. The van der Waals surface area contributed by atoms with Gasteiger partial charge in [-0.3, -0.25) is 0 Å². The van der Waals surface area contributed by atoms with Crippen molar-refractivity contribution in [1.29, 1.82) is 0 Å². The van der Waals surface area contributed by atoms with E-state index in [2.05, 4.69) is 0 Å². The standard InChI is InChI=1S/C10H12FNO2/c1-5-10(13)9(12)8-6(11)3-2-4-7(8)14-5/h2-5,9-10,13H,12H2,1H3/t5-,9-,10+/m1/s1. The van der Waals surface area contributed by atoms with Crippen LogP contribution < -0.4 is 10.5 Å². The Kier molecular flexibility index (Phi) is 2.17. The van der Waals surface area contributed by atoms with Crippen molar-refractivity contribution in [2.75, 3.05) is 0 Å². The van der Waals surface area contributed by atoms with Crippen LogP contribution in [0.5, 0.6) is 5.75 Å². The minimum Gasteiger partial charge on any atom is -0.487 e. The third-order valence-corrected chi connectivity index (χ3v) is 2.51. The average molecular weight is 197 g/mol. The zero-order valence-electron chi connectivity index (χ0n) is 7.77. The Morgan fingerprint density at radius 3 is 2.93 bits per heavy atom. The quantitative estimate of drug-likeness (QED) is 0.651. The van der Waals surface area contributed by atoms with E-state index in [-0.39, 0.29) is 5.56 Å². The average Bonchev–Trinajstić information content (AvgIpc) is 2.14. The van der Waals surface area contributed by atoms with E-state index >= 15 is 0 Å². The highest BCUT2D eigenvalue weighted by molar-refractivity contribution is 5.39. The Balaban J connectivity index is 2.51. The lowest BCUT2D eigenvalue weighted by molar-refractivity contribution is 0.0111. The number of aliphatic hydroxyl groups excluding tert-OH is 1. The van der Waals surface area contributed by atoms with Gasteiger partial charge in [-0.2, -0.15) is 0 Å². The Hall–Kier alpha value is -1.13. The summed E-state index contributed by atoms with van der Waals surface area (Å²) in [6.45, 7) is 1.71.